The van der Waals surface area contributed by atoms with E-state index in [1.807, 2.05) is 12.6 Å². The summed E-state index contributed by atoms with van der Waals surface area (Å²) in [7, 11) is 0. The minimum absolute atomic E-state index is 0.997. The summed E-state index contributed by atoms with van der Waals surface area (Å²) in [6.45, 7) is 4.18. The summed E-state index contributed by atoms with van der Waals surface area (Å²) in [4.78, 5) is 3.91. The Morgan fingerprint density at radius 3 is 3.00 bits per heavy atom. The molecule has 0 atom stereocenters. The molecule has 0 aromatic rings. The van der Waals surface area contributed by atoms with Gasteiger partial charge in [-0.1, -0.05) is 4.99 Å². The van der Waals surface area contributed by atoms with E-state index in [0.717, 1.165) is 13.1 Å². The zero-order chi connectivity index (χ0) is 5.11. The lowest BCUT2D eigenvalue weighted by Crippen LogP contribution is -2.08. The van der Waals surface area contributed by atoms with E-state index in [9.17, 15) is 0 Å². The second-order valence-electron chi connectivity index (χ2n) is 1.53. The van der Waals surface area contributed by atoms with Gasteiger partial charge >= 0.3 is 0 Å². The van der Waals surface area contributed by atoms with E-state index in [-0.39, 0.29) is 0 Å². The molecule has 7 heavy (non-hydrogen) atoms. The molecular weight excluding hydrogens is 88.1 g/mol. The molecule has 1 aliphatic rings. The van der Waals surface area contributed by atoms with E-state index in [2.05, 4.69) is 16.5 Å². The highest BCUT2D eigenvalue weighted by molar-refractivity contribution is 5.74. The Bertz CT molecular complexity index is 113. The van der Waals surface area contributed by atoms with Crippen LogP contribution in [0, 0.1) is 0 Å². The number of hydrogen-bond acceptors (Lipinski definition) is 1. The first-order valence-corrected chi connectivity index (χ1v) is 2.52. The van der Waals surface area contributed by atoms with Crippen LogP contribution in [-0.4, -0.2) is 30.2 Å². The van der Waals surface area contributed by atoms with Crippen molar-refractivity contribution in [2.75, 3.05) is 13.1 Å². The van der Waals surface area contributed by atoms with Crippen LogP contribution in [0.4, 0.5) is 0 Å². The molecule has 1 heterocycles. The average molecular weight is 97.1 g/mol. The molecule has 0 amide bonds. The highest BCUT2D eigenvalue weighted by Gasteiger charge is 1.99. The Morgan fingerprint density at radius 2 is 2.71 bits per heavy atom. The van der Waals surface area contributed by atoms with Gasteiger partial charge in [0.25, 0.3) is 6.34 Å². The number of aliphatic imine (C=N–C) groups is 1. The zero-order valence-corrected chi connectivity index (χ0v) is 4.46. The number of hydrogen-bond donors (Lipinski definition) is 0. The average Bonchev–Trinajstić information content (AvgIpc) is 2.14. The van der Waals surface area contributed by atoms with Gasteiger partial charge in [0.2, 0.25) is 0 Å². The zero-order valence-electron chi connectivity index (χ0n) is 4.46. The van der Waals surface area contributed by atoms with Crippen molar-refractivity contribution >= 4 is 12.6 Å². The van der Waals surface area contributed by atoms with Crippen LogP contribution in [0.2, 0.25) is 0 Å². The molecule has 0 bridgehead atoms. The van der Waals surface area contributed by atoms with Crippen LogP contribution >= 0.6 is 0 Å². The number of rotatable bonds is 1. The van der Waals surface area contributed by atoms with Crippen molar-refractivity contribution in [1.29, 1.82) is 0 Å². The quantitative estimate of drug-likeness (QED) is 0.413. The van der Waals surface area contributed by atoms with Crippen molar-refractivity contribution in [2.24, 2.45) is 4.99 Å². The highest BCUT2D eigenvalue weighted by atomic mass is 15.1. The van der Waals surface area contributed by atoms with E-state index >= 15 is 0 Å². The summed E-state index contributed by atoms with van der Waals surface area (Å²) in [5, 5.41) is 0. The fraction of sp³-hybridized carbons (Fsp3) is 0.600. The predicted octanol–water partition coefficient (Wildman–Crippen LogP) is 0.131. The number of nitrogens with zero attached hydrogens (tertiary/aromatic N) is 2. The minimum Gasteiger partial charge on any atom is -0.258 e. The summed E-state index contributed by atoms with van der Waals surface area (Å²) in [5.41, 5.74) is 0. The summed E-state index contributed by atoms with van der Waals surface area (Å²) < 4.78 is 2.14. The molecule has 1 rings (SSSR count). The van der Waals surface area contributed by atoms with Crippen LogP contribution in [0.15, 0.2) is 4.99 Å². The van der Waals surface area contributed by atoms with Gasteiger partial charge in [-0.3, -0.25) is 4.58 Å². The normalized spacial score (nSPS) is 17.6. The Morgan fingerprint density at radius 1 is 1.86 bits per heavy atom. The summed E-state index contributed by atoms with van der Waals surface area (Å²) in [6.07, 6.45) is 3.77. The SMILES string of the molecule is CC[N+]1=CN=CC1. The van der Waals surface area contributed by atoms with Gasteiger partial charge in [0.1, 0.15) is 6.54 Å². The van der Waals surface area contributed by atoms with Crippen LogP contribution < -0.4 is 0 Å². The largest absolute Gasteiger partial charge is 0.281 e. The van der Waals surface area contributed by atoms with Gasteiger partial charge in [0.05, 0.1) is 6.54 Å². The van der Waals surface area contributed by atoms with Crippen molar-refractivity contribution in [2.45, 2.75) is 6.92 Å². The van der Waals surface area contributed by atoms with Crippen molar-refractivity contribution in [3.05, 3.63) is 0 Å². The van der Waals surface area contributed by atoms with Crippen molar-refractivity contribution in [1.82, 2.24) is 0 Å². The highest BCUT2D eigenvalue weighted by Crippen LogP contribution is 1.77. The molecular formula is C5H9N2+. The molecule has 0 fully saturated rings. The molecule has 0 N–H and O–H groups in total. The smallest absolute Gasteiger partial charge is 0.258 e. The fourth-order valence-corrected chi connectivity index (χ4v) is 0.551. The second-order valence-corrected chi connectivity index (χ2v) is 1.53. The third-order valence-electron chi connectivity index (χ3n) is 1.06. The van der Waals surface area contributed by atoms with E-state index in [4.69, 9.17) is 0 Å². The minimum atomic E-state index is 0.997. The lowest BCUT2D eigenvalue weighted by atomic mass is 10.6. The summed E-state index contributed by atoms with van der Waals surface area (Å²) >= 11 is 0. The molecule has 38 valence electrons. The van der Waals surface area contributed by atoms with E-state index in [1.54, 1.807) is 0 Å². The van der Waals surface area contributed by atoms with Crippen LogP contribution in [0.5, 0.6) is 0 Å². The van der Waals surface area contributed by atoms with Gasteiger partial charge in [-0.2, -0.15) is 0 Å². The Kier molecular flexibility index (Phi) is 1.20. The third-order valence-corrected chi connectivity index (χ3v) is 1.06. The van der Waals surface area contributed by atoms with E-state index in [0.29, 0.717) is 0 Å². The molecule has 0 spiro atoms. The van der Waals surface area contributed by atoms with Crippen LogP contribution in [-0.2, 0) is 0 Å². The van der Waals surface area contributed by atoms with Crippen molar-refractivity contribution < 1.29 is 4.58 Å². The van der Waals surface area contributed by atoms with E-state index in [1.165, 1.54) is 0 Å². The summed E-state index contributed by atoms with van der Waals surface area (Å²) in [6, 6.07) is 0. The topological polar surface area (TPSA) is 15.4 Å². The van der Waals surface area contributed by atoms with Gasteiger partial charge in [-0.05, 0) is 6.92 Å². The standard InChI is InChI=1S/C5H9N2/c1-2-7-4-3-6-5-7/h3,5H,2,4H2,1H3/q+1. The lowest BCUT2D eigenvalue weighted by Gasteiger charge is -1.87. The second kappa shape index (κ2) is 1.87. The van der Waals surface area contributed by atoms with Crippen molar-refractivity contribution in [3.8, 4) is 0 Å². The van der Waals surface area contributed by atoms with Gasteiger partial charge in [0.15, 0.2) is 6.21 Å². The molecule has 0 aromatic carbocycles. The van der Waals surface area contributed by atoms with Crippen LogP contribution in [0.3, 0.4) is 0 Å². The fourth-order valence-electron chi connectivity index (χ4n) is 0.551. The first kappa shape index (κ1) is 4.50. The molecule has 0 radical (unpaired) electrons. The first-order chi connectivity index (χ1) is 3.43. The first-order valence-electron chi connectivity index (χ1n) is 2.52. The lowest BCUT2D eigenvalue weighted by molar-refractivity contribution is -0.501. The predicted molar refractivity (Wildman–Crippen MR) is 30.2 cm³/mol. The Balaban J connectivity index is 2.45. The molecule has 0 saturated heterocycles. The molecule has 2 nitrogen and oxygen atoms in total. The maximum absolute atomic E-state index is 3.91. The summed E-state index contributed by atoms with van der Waals surface area (Å²) in [5.74, 6) is 0. The Hall–Kier alpha value is -0.660. The molecule has 0 aromatic heterocycles. The third kappa shape index (κ3) is 0.856. The van der Waals surface area contributed by atoms with Crippen LogP contribution in [0.25, 0.3) is 0 Å². The van der Waals surface area contributed by atoms with E-state index < -0.39 is 0 Å². The van der Waals surface area contributed by atoms with Gasteiger partial charge in [0, 0.05) is 0 Å². The maximum atomic E-state index is 3.91. The van der Waals surface area contributed by atoms with Gasteiger partial charge in [-0.25, -0.2) is 0 Å². The monoisotopic (exact) mass is 97.1 g/mol. The van der Waals surface area contributed by atoms with Crippen LogP contribution in [0.1, 0.15) is 6.92 Å². The molecule has 0 aliphatic carbocycles. The maximum Gasteiger partial charge on any atom is 0.281 e. The van der Waals surface area contributed by atoms with Gasteiger partial charge in [-0.15, -0.1) is 0 Å². The molecule has 2 heteroatoms. The van der Waals surface area contributed by atoms with Gasteiger partial charge < -0.3 is 0 Å². The molecule has 0 saturated carbocycles. The molecule has 0 unspecified atom stereocenters. The molecule has 1 aliphatic heterocycles. The Labute approximate surface area is 43.2 Å². The van der Waals surface area contributed by atoms with Crippen molar-refractivity contribution in [3.63, 3.8) is 0 Å².